The Bertz CT molecular complexity index is 623. The van der Waals surface area contributed by atoms with E-state index >= 15 is 0 Å². The number of rotatable bonds is 5. The van der Waals surface area contributed by atoms with Crippen LogP contribution in [0.4, 0.5) is 0 Å². The van der Waals surface area contributed by atoms with E-state index in [2.05, 4.69) is 10.3 Å². The number of benzene rings is 1. The summed E-state index contributed by atoms with van der Waals surface area (Å²) in [5, 5.41) is 3.95. The first-order valence-electron chi connectivity index (χ1n) is 6.79. The molecule has 0 radical (unpaired) electrons. The summed E-state index contributed by atoms with van der Waals surface area (Å²) in [5.74, 6) is -0.118. The van der Waals surface area contributed by atoms with Crippen LogP contribution in [-0.2, 0) is 11.2 Å². The fourth-order valence-electron chi connectivity index (χ4n) is 2.12. The minimum absolute atomic E-state index is 0.118. The molecule has 4 N–H and O–H groups in total. The maximum absolute atomic E-state index is 11.9. The van der Waals surface area contributed by atoms with Crippen LogP contribution < -0.4 is 11.1 Å². The van der Waals surface area contributed by atoms with Gasteiger partial charge in [-0.3, -0.25) is 4.79 Å². The predicted octanol–water partition coefficient (Wildman–Crippen LogP) is 2.12. The molecule has 4 nitrogen and oxygen atoms in total. The number of aromatic nitrogens is 1. The second-order valence-electron chi connectivity index (χ2n) is 5.20. The normalized spacial score (nSPS) is 12.2. The lowest BCUT2D eigenvalue weighted by Crippen LogP contribution is -2.42. The van der Waals surface area contributed by atoms with E-state index in [1.807, 2.05) is 50.4 Å². The third-order valence-corrected chi connectivity index (χ3v) is 3.24. The van der Waals surface area contributed by atoms with Gasteiger partial charge in [0.05, 0.1) is 6.04 Å². The molecule has 2 aromatic rings. The fourth-order valence-corrected chi connectivity index (χ4v) is 2.12. The van der Waals surface area contributed by atoms with Crippen molar-refractivity contribution in [2.24, 2.45) is 5.73 Å². The van der Waals surface area contributed by atoms with Crippen molar-refractivity contribution >= 4 is 16.8 Å². The molecule has 0 aliphatic rings. The van der Waals surface area contributed by atoms with Gasteiger partial charge in [-0.2, -0.15) is 0 Å². The number of hydrogen-bond donors (Lipinski definition) is 3. The van der Waals surface area contributed by atoms with Crippen LogP contribution in [-0.4, -0.2) is 23.5 Å². The number of carbonyl (C=O) groups excluding carboxylic acids is 1. The molecule has 0 saturated heterocycles. The summed E-state index contributed by atoms with van der Waals surface area (Å²) < 4.78 is 0. The van der Waals surface area contributed by atoms with E-state index in [9.17, 15) is 4.79 Å². The molecule has 0 fully saturated rings. The highest BCUT2D eigenvalue weighted by Crippen LogP contribution is 2.18. The number of carbonyl (C=O) groups is 1. The van der Waals surface area contributed by atoms with E-state index in [4.69, 9.17) is 5.73 Å². The topological polar surface area (TPSA) is 70.9 Å². The van der Waals surface area contributed by atoms with Gasteiger partial charge in [0, 0.05) is 23.6 Å². The van der Waals surface area contributed by atoms with Crippen molar-refractivity contribution in [3.8, 4) is 0 Å². The lowest BCUT2D eigenvalue weighted by atomic mass is 10.1. The zero-order valence-electron chi connectivity index (χ0n) is 11.9. The number of H-pyrrole nitrogens is 1. The highest BCUT2D eigenvalue weighted by atomic mass is 16.2. The van der Waals surface area contributed by atoms with Gasteiger partial charge in [-0.1, -0.05) is 29.8 Å². The first-order chi connectivity index (χ1) is 9.58. The van der Waals surface area contributed by atoms with Crippen LogP contribution in [0.2, 0.25) is 0 Å². The summed E-state index contributed by atoms with van der Waals surface area (Å²) in [6.07, 6.45) is 4.43. The first kappa shape index (κ1) is 14.3. The van der Waals surface area contributed by atoms with Crippen molar-refractivity contribution in [3.05, 3.63) is 47.7 Å². The highest BCUT2D eigenvalue weighted by Gasteiger charge is 2.15. The molecular formula is C16H21N3O. The zero-order valence-corrected chi connectivity index (χ0v) is 11.9. The lowest BCUT2D eigenvalue weighted by molar-refractivity contribution is -0.122. The number of amides is 1. The van der Waals surface area contributed by atoms with Crippen LogP contribution >= 0.6 is 0 Å². The molecule has 4 heteroatoms. The Morgan fingerprint density at radius 1 is 1.40 bits per heavy atom. The zero-order chi connectivity index (χ0) is 14.5. The van der Waals surface area contributed by atoms with Crippen LogP contribution in [0.1, 0.15) is 19.4 Å². The Kier molecular flexibility index (Phi) is 4.58. The van der Waals surface area contributed by atoms with E-state index in [1.54, 1.807) is 0 Å². The standard InChI is InChI=1S/C16H21N3O/c1-11(2)7-8-18-16(20)14(17)9-12-10-19-15-6-4-3-5-13(12)15/h3-7,10,14,19H,8-9,17H2,1-2H3,(H,18,20)/t14-/m1/s1. The number of nitrogens with one attached hydrogen (secondary N) is 2. The molecule has 20 heavy (non-hydrogen) atoms. The first-order valence-corrected chi connectivity index (χ1v) is 6.79. The predicted molar refractivity (Wildman–Crippen MR) is 82.4 cm³/mol. The van der Waals surface area contributed by atoms with Gasteiger partial charge < -0.3 is 16.0 Å². The number of allylic oxidation sites excluding steroid dienone is 1. The molecule has 1 aromatic heterocycles. The molecule has 1 amide bonds. The van der Waals surface area contributed by atoms with Crippen LogP contribution in [0.25, 0.3) is 10.9 Å². The second kappa shape index (κ2) is 6.39. The number of para-hydroxylation sites is 1. The van der Waals surface area contributed by atoms with Crippen molar-refractivity contribution in [1.29, 1.82) is 0 Å². The van der Waals surface area contributed by atoms with E-state index in [-0.39, 0.29) is 5.91 Å². The van der Waals surface area contributed by atoms with Gasteiger partial charge in [0.2, 0.25) is 5.91 Å². The van der Waals surface area contributed by atoms with Crippen molar-refractivity contribution in [2.45, 2.75) is 26.3 Å². The lowest BCUT2D eigenvalue weighted by Gasteiger charge is -2.10. The fraction of sp³-hybridized carbons (Fsp3) is 0.312. The van der Waals surface area contributed by atoms with Gasteiger partial charge in [-0.15, -0.1) is 0 Å². The third kappa shape index (κ3) is 3.48. The van der Waals surface area contributed by atoms with Crippen LogP contribution in [0.5, 0.6) is 0 Å². The molecule has 1 atom stereocenters. The number of aromatic amines is 1. The summed E-state index contributed by atoms with van der Waals surface area (Å²) in [5.41, 5.74) is 9.29. The molecule has 0 aliphatic heterocycles. The molecule has 0 unspecified atom stereocenters. The number of nitrogens with two attached hydrogens (primary N) is 1. The van der Waals surface area contributed by atoms with Crippen molar-refractivity contribution in [3.63, 3.8) is 0 Å². The summed E-state index contributed by atoms with van der Waals surface area (Å²) in [6.45, 7) is 4.53. The van der Waals surface area contributed by atoms with Crippen molar-refractivity contribution in [2.75, 3.05) is 6.54 Å². The van der Waals surface area contributed by atoms with Crippen LogP contribution in [0.15, 0.2) is 42.1 Å². The highest BCUT2D eigenvalue weighted by molar-refractivity contribution is 5.86. The van der Waals surface area contributed by atoms with E-state index in [1.165, 1.54) is 5.57 Å². The van der Waals surface area contributed by atoms with Crippen LogP contribution in [0.3, 0.4) is 0 Å². The maximum atomic E-state index is 11.9. The second-order valence-corrected chi connectivity index (χ2v) is 5.20. The quantitative estimate of drug-likeness (QED) is 0.729. The maximum Gasteiger partial charge on any atom is 0.237 e. The summed E-state index contributed by atoms with van der Waals surface area (Å²) in [6, 6.07) is 7.49. The largest absolute Gasteiger partial charge is 0.361 e. The monoisotopic (exact) mass is 271 g/mol. The Labute approximate surface area is 119 Å². The molecule has 0 aliphatic carbocycles. The van der Waals surface area contributed by atoms with Crippen LogP contribution in [0, 0.1) is 0 Å². The molecule has 0 spiro atoms. The van der Waals surface area contributed by atoms with Gasteiger partial charge >= 0.3 is 0 Å². The summed E-state index contributed by atoms with van der Waals surface area (Å²) in [7, 11) is 0. The molecule has 1 aromatic carbocycles. The number of hydrogen-bond acceptors (Lipinski definition) is 2. The van der Waals surface area contributed by atoms with Gasteiger partial charge in [0.25, 0.3) is 0 Å². The molecule has 0 bridgehead atoms. The van der Waals surface area contributed by atoms with Crippen molar-refractivity contribution in [1.82, 2.24) is 10.3 Å². The third-order valence-electron chi connectivity index (χ3n) is 3.24. The smallest absolute Gasteiger partial charge is 0.237 e. The molecular weight excluding hydrogens is 250 g/mol. The Morgan fingerprint density at radius 2 is 2.15 bits per heavy atom. The average Bonchev–Trinajstić information content (AvgIpc) is 2.81. The number of fused-ring (bicyclic) bond motifs is 1. The molecule has 0 saturated carbocycles. The van der Waals surface area contributed by atoms with Gasteiger partial charge in [0.1, 0.15) is 0 Å². The SMILES string of the molecule is CC(C)=CCNC(=O)[C@H](N)Cc1c[nH]c2ccccc12. The Hall–Kier alpha value is -2.07. The van der Waals surface area contributed by atoms with Crippen molar-refractivity contribution < 1.29 is 4.79 Å². The Morgan fingerprint density at radius 3 is 2.90 bits per heavy atom. The average molecular weight is 271 g/mol. The Balaban J connectivity index is 1.98. The van der Waals surface area contributed by atoms with E-state index < -0.39 is 6.04 Å². The van der Waals surface area contributed by atoms with Gasteiger partial charge in [0.15, 0.2) is 0 Å². The molecule has 106 valence electrons. The summed E-state index contributed by atoms with van der Waals surface area (Å²) >= 11 is 0. The summed E-state index contributed by atoms with van der Waals surface area (Å²) in [4.78, 5) is 15.1. The molecule has 2 rings (SSSR count). The molecule has 1 heterocycles. The van der Waals surface area contributed by atoms with Gasteiger partial charge in [-0.05, 0) is 31.9 Å². The van der Waals surface area contributed by atoms with Gasteiger partial charge in [-0.25, -0.2) is 0 Å². The minimum Gasteiger partial charge on any atom is -0.361 e. The van der Waals surface area contributed by atoms with E-state index in [0.29, 0.717) is 13.0 Å². The minimum atomic E-state index is -0.528. The van der Waals surface area contributed by atoms with E-state index in [0.717, 1.165) is 16.5 Å².